The molecule has 5 nitrogen and oxygen atoms in total. The maximum atomic E-state index is 12.4. The molecule has 18 heavy (non-hydrogen) atoms. The summed E-state index contributed by atoms with van der Waals surface area (Å²) in [7, 11) is -1.81. The molecule has 1 heterocycles. The van der Waals surface area contributed by atoms with Gasteiger partial charge in [-0.05, 0) is 31.0 Å². The monoisotopic (exact) mass is 269 g/mol. The number of hydrogen-bond donors (Lipinski definition) is 1. The van der Waals surface area contributed by atoms with Gasteiger partial charge < -0.3 is 5.73 Å². The molecular formula is C12H19N3O2S. The Morgan fingerprint density at radius 1 is 1.39 bits per heavy atom. The number of fused-ring (bicyclic) bond motifs is 1. The second kappa shape index (κ2) is 5.26. The van der Waals surface area contributed by atoms with Gasteiger partial charge in [-0.1, -0.05) is 18.2 Å². The molecule has 0 spiro atoms. The minimum absolute atomic E-state index is 0.456. The molecular weight excluding hydrogens is 250 g/mol. The molecule has 1 aliphatic rings. The second-order valence-electron chi connectivity index (χ2n) is 4.42. The topological polar surface area (TPSA) is 66.6 Å². The van der Waals surface area contributed by atoms with Crippen molar-refractivity contribution in [3.8, 4) is 0 Å². The number of para-hydroxylation sites is 1. The number of nitrogens with two attached hydrogens (primary N) is 1. The van der Waals surface area contributed by atoms with E-state index in [-0.39, 0.29) is 0 Å². The molecule has 0 amide bonds. The first-order chi connectivity index (χ1) is 8.57. The molecule has 0 bridgehead atoms. The lowest BCUT2D eigenvalue weighted by Gasteiger charge is -2.25. The van der Waals surface area contributed by atoms with E-state index in [1.54, 1.807) is 7.05 Å². The van der Waals surface area contributed by atoms with Gasteiger partial charge in [0.1, 0.15) is 0 Å². The predicted molar refractivity (Wildman–Crippen MR) is 72.7 cm³/mol. The zero-order valence-corrected chi connectivity index (χ0v) is 11.4. The molecule has 0 unspecified atom stereocenters. The van der Waals surface area contributed by atoms with E-state index in [1.807, 2.05) is 24.3 Å². The number of anilines is 1. The van der Waals surface area contributed by atoms with Crippen molar-refractivity contribution in [1.29, 1.82) is 0 Å². The van der Waals surface area contributed by atoms with Gasteiger partial charge in [-0.25, -0.2) is 0 Å². The number of hydrogen-bond acceptors (Lipinski definition) is 3. The molecule has 6 heteroatoms. The van der Waals surface area contributed by atoms with E-state index >= 15 is 0 Å². The lowest BCUT2D eigenvalue weighted by atomic mass is 10.2. The van der Waals surface area contributed by atoms with E-state index in [0.717, 1.165) is 17.7 Å². The number of nitrogens with zero attached hydrogens (tertiary/aromatic N) is 2. The van der Waals surface area contributed by atoms with Crippen LogP contribution in [0.2, 0.25) is 0 Å². The summed E-state index contributed by atoms with van der Waals surface area (Å²) < 4.78 is 27.7. The van der Waals surface area contributed by atoms with Gasteiger partial charge in [0.05, 0.1) is 5.69 Å². The summed E-state index contributed by atoms with van der Waals surface area (Å²) in [5, 5.41) is 0. The third-order valence-corrected chi connectivity index (χ3v) is 5.10. The highest BCUT2D eigenvalue weighted by atomic mass is 32.2. The van der Waals surface area contributed by atoms with E-state index < -0.39 is 10.2 Å². The normalized spacial score (nSPS) is 15.2. The van der Waals surface area contributed by atoms with Crippen LogP contribution in [0.5, 0.6) is 0 Å². The van der Waals surface area contributed by atoms with Crippen molar-refractivity contribution in [3.63, 3.8) is 0 Å². The molecule has 0 saturated carbocycles. The molecule has 1 aromatic rings. The Morgan fingerprint density at radius 3 is 2.83 bits per heavy atom. The lowest BCUT2D eigenvalue weighted by molar-refractivity contribution is 0.461. The Bertz CT molecular complexity index is 516. The fourth-order valence-corrected chi connectivity index (χ4v) is 3.59. The first kappa shape index (κ1) is 13.3. The summed E-state index contributed by atoms with van der Waals surface area (Å²) in [5.74, 6) is 0. The van der Waals surface area contributed by atoms with Crippen LogP contribution in [-0.4, -0.2) is 39.4 Å². The summed E-state index contributed by atoms with van der Waals surface area (Å²) in [4.78, 5) is 0. The fourth-order valence-electron chi connectivity index (χ4n) is 2.15. The summed E-state index contributed by atoms with van der Waals surface area (Å²) in [6.45, 7) is 1.47. The van der Waals surface area contributed by atoms with Crippen LogP contribution in [0.15, 0.2) is 24.3 Å². The van der Waals surface area contributed by atoms with Crippen molar-refractivity contribution in [2.75, 3.05) is 31.0 Å². The average Bonchev–Trinajstić information content (AvgIpc) is 2.80. The van der Waals surface area contributed by atoms with Crippen LogP contribution in [0.1, 0.15) is 12.0 Å². The SMILES string of the molecule is CN(CCCN)S(=O)(=O)N1CCc2ccccc21. The van der Waals surface area contributed by atoms with Crippen molar-refractivity contribution < 1.29 is 8.42 Å². The molecule has 0 radical (unpaired) electrons. The second-order valence-corrected chi connectivity index (χ2v) is 6.38. The van der Waals surface area contributed by atoms with Crippen molar-refractivity contribution in [2.45, 2.75) is 12.8 Å². The van der Waals surface area contributed by atoms with Crippen molar-refractivity contribution in [1.82, 2.24) is 4.31 Å². The Kier molecular flexibility index (Phi) is 3.89. The van der Waals surface area contributed by atoms with Crippen molar-refractivity contribution in [3.05, 3.63) is 29.8 Å². The highest BCUT2D eigenvalue weighted by molar-refractivity contribution is 7.90. The predicted octanol–water partition coefficient (Wildman–Crippen LogP) is 0.575. The third-order valence-electron chi connectivity index (χ3n) is 3.19. The lowest BCUT2D eigenvalue weighted by Crippen LogP contribution is -2.41. The zero-order chi connectivity index (χ0) is 13.2. The molecule has 0 aromatic heterocycles. The standard InChI is InChI=1S/C12H19N3O2S/c1-14(9-4-8-13)18(16,17)15-10-7-11-5-2-3-6-12(11)15/h2-3,5-6H,4,7-10,13H2,1H3. The number of rotatable bonds is 5. The van der Waals surface area contributed by atoms with Crippen molar-refractivity contribution in [2.24, 2.45) is 5.73 Å². The minimum atomic E-state index is -3.41. The van der Waals surface area contributed by atoms with Gasteiger partial charge in [0.2, 0.25) is 0 Å². The van der Waals surface area contributed by atoms with E-state index in [4.69, 9.17) is 5.73 Å². The van der Waals surface area contributed by atoms with Gasteiger partial charge in [-0.3, -0.25) is 4.31 Å². The van der Waals surface area contributed by atoms with E-state index in [2.05, 4.69) is 0 Å². The Hall–Kier alpha value is -1.11. The highest BCUT2D eigenvalue weighted by Crippen LogP contribution is 2.30. The van der Waals surface area contributed by atoms with Gasteiger partial charge in [0, 0.05) is 20.1 Å². The first-order valence-corrected chi connectivity index (χ1v) is 7.49. The van der Waals surface area contributed by atoms with Crippen LogP contribution < -0.4 is 10.0 Å². The van der Waals surface area contributed by atoms with Gasteiger partial charge >= 0.3 is 10.2 Å². The quantitative estimate of drug-likeness (QED) is 0.850. The Balaban J connectivity index is 2.22. The van der Waals surface area contributed by atoms with E-state index in [1.165, 1.54) is 8.61 Å². The van der Waals surface area contributed by atoms with Crippen LogP contribution >= 0.6 is 0 Å². The Morgan fingerprint density at radius 2 is 2.11 bits per heavy atom. The highest BCUT2D eigenvalue weighted by Gasteiger charge is 2.31. The van der Waals surface area contributed by atoms with Gasteiger partial charge in [-0.15, -0.1) is 0 Å². The van der Waals surface area contributed by atoms with Crippen LogP contribution in [-0.2, 0) is 16.6 Å². The molecule has 0 aliphatic carbocycles. The largest absolute Gasteiger partial charge is 0.330 e. The van der Waals surface area contributed by atoms with Crippen LogP contribution in [0.3, 0.4) is 0 Å². The van der Waals surface area contributed by atoms with Gasteiger partial charge in [0.25, 0.3) is 0 Å². The molecule has 2 rings (SSSR count). The van der Waals surface area contributed by atoms with Crippen LogP contribution in [0, 0.1) is 0 Å². The Labute approximate surface area is 108 Å². The third kappa shape index (κ3) is 2.36. The molecule has 0 atom stereocenters. The summed E-state index contributed by atoms with van der Waals surface area (Å²) in [6, 6.07) is 7.64. The molecule has 0 saturated heterocycles. The smallest absolute Gasteiger partial charge is 0.303 e. The molecule has 0 fully saturated rings. The van der Waals surface area contributed by atoms with Gasteiger partial charge in [-0.2, -0.15) is 12.7 Å². The zero-order valence-electron chi connectivity index (χ0n) is 10.5. The molecule has 1 aliphatic heterocycles. The average molecular weight is 269 g/mol. The van der Waals surface area contributed by atoms with Gasteiger partial charge in [0.15, 0.2) is 0 Å². The summed E-state index contributed by atoms with van der Waals surface area (Å²) in [5.41, 5.74) is 7.31. The first-order valence-electron chi connectivity index (χ1n) is 6.09. The molecule has 2 N–H and O–H groups in total. The van der Waals surface area contributed by atoms with Crippen LogP contribution in [0.4, 0.5) is 5.69 Å². The summed E-state index contributed by atoms with van der Waals surface area (Å²) in [6.07, 6.45) is 1.45. The van der Waals surface area contributed by atoms with E-state index in [9.17, 15) is 8.42 Å². The summed E-state index contributed by atoms with van der Waals surface area (Å²) >= 11 is 0. The van der Waals surface area contributed by atoms with Crippen molar-refractivity contribution >= 4 is 15.9 Å². The van der Waals surface area contributed by atoms with E-state index in [0.29, 0.717) is 26.1 Å². The molecule has 100 valence electrons. The maximum Gasteiger partial charge on any atom is 0.303 e. The number of benzene rings is 1. The molecule has 1 aromatic carbocycles. The van der Waals surface area contributed by atoms with Crippen LogP contribution in [0.25, 0.3) is 0 Å². The fraction of sp³-hybridized carbons (Fsp3) is 0.500. The maximum absolute atomic E-state index is 12.4. The minimum Gasteiger partial charge on any atom is -0.330 e.